The van der Waals surface area contributed by atoms with Crippen molar-refractivity contribution in [3.63, 3.8) is 0 Å². The van der Waals surface area contributed by atoms with Gasteiger partial charge in [0.05, 0.1) is 11.6 Å². The first kappa shape index (κ1) is 26.9. The highest BCUT2D eigenvalue weighted by molar-refractivity contribution is 6.26. The molecule has 0 bridgehead atoms. The molecular weight excluding hydrogens is 569 g/mol. The van der Waals surface area contributed by atoms with Gasteiger partial charge in [0.25, 0.3) is 0 Å². The van der Waals surface area contributed by atoms with Crippen LogP contribution in [0.1, 0.15) is 5.56 Å². The summed E-state index contributed by atoms with van der Waals surface area (Å²) in [5.74, 6) is 0. The zero-order valence-electron chi connectivity index (χ0n) is 25.5. The number of nitriles is 1. The third-order valence-electron chi connectivity index (χ3n) is 9.45. The van der Waals surface area contributed by atoms with Gasteiger partial charge in [-0.15, -0.1) is 0 Å². The van der Waals surface area contributed by atoms with E-state index in [4.69, 9.17) is 0 Å². The maximum Gasteiger partial charge on any atom is 0.0991 e. The molecule has 0 radical (unpaired) electrons. The fourth-order valence-electron chi connectivity index (χ4n) is 7.23. The van der Waals surface area contributed by atoms with Gasteiger partial charge in [0, 0.05) is 16.9 Å². The summed E-state index contributed by atoms with van der Waals surface area (Å²) in [7, 11) is 0. The van der Waals surface area contributed by atoms with Crippen LogP contribution in [0.25, 0.3) is 76.5 Å². The van der Waals surface area contributed by atoms with Gasteiger partial charge in [-0.25, -0.2) is 0 Å². The van der Waals surface area contributed by atoms with Crippen molar-refractivity contribution < 1.29 is 0 Å². The summed E-state index contributed by atoms with van der Waals surface area (Å²) in [6, 6.07) is 60.4. The van der Waals surface area contributed by atoms with E-state index in [-0.39, 0.29) is 0 Å². The monoisotopic (exact) mass is 596 g/mol. The Morgan fingerprint density at radius 3 is 1.81 bits per heavy atom. The fraction of sp³-hybridized carbons (Fsp3) is 0. The highest BCUT2D eigenvalue weighted by Crippen LogP contribution is 2.45. The Labute approximate surface area is 273 Å². The lowest BCUT2D eigenvalue weighted by Gasteiger charge is -2.20. The predicted molar refractivity (Wildman–Crippen MR) is 198 cm³/mol. The molecule has 0 aromatic heterocycles. The Morgan fingerprint density at radius 1 is 0.404 bits per heavy atom. The highest BCUT2D eigenvalue weighted by Gasteiger charge is 2.18. The molecule has 2 nitrogen and oxygen atoms in total. The van der Waals surface area contributed by atoms with Gasteiger partial charge in [-0.05, 0) is 101 Å². The lowest BCUT2D eigenvalue weighted by Crippen LogP contribution is -1.97. The van der Waals surface area contributed by atoms with Crippen molar-refractivity contribution in [1.82, 2.24) is 0 Å². The predicted octanol–water partition coefficient (Wildman–Crippen LogP) is 12.4. The van der Waals surface area contributed by atoms with Crippen LogP contribution in [-0.4, -0.2) is 0 Å². The van der Waals surface area contributed by atoms with Crippen LogP contribution in [0.15, 0.2) is 164 Å². The van der Waals surface area contributed by atoms with Crippen molar-refractivity contribution in [3.8, 4) is 39.4 Å². The van der Waals surface area contributed by atoms with Gasteiger partial charge in [0.15, 0.2) is 0 Å². The number of benzene rings is 9. The molecule has 9 aromatic carbocycles. The molecule has 0 saturated heterocycles. The molecule has 1 N–H and O–H groups in total. The molecule has 0 fully saturated rings. The van der Waals surface area contributed by atoms with Gasteiger partial charge >= 0.3 is 0 Å². The summed E-state index contributed by atoms with van der Waals surface area (Å²) in [6.07, 6.45) is 0. The van der Waals surface area contributed by atoms with Gasteiger partial charge in [-0.3, -0.25) is 0 Å². The fourth-order valence-corrected chi connectivity index (χ4v) is 7.23. The maximum absolute atomic E-state index is 9.48. The third-order valence-corrected chi connectivity index (χ3v) is 9.45. The number of hydrogen-bond donors (Lipinski definition) is 1. The largest absolute Gasteiger partial charge is 0.355 e. The Kier molecular flexibility index (Phi) is 6.23. The van der Waals surface area contributed by atoms with Crippen LogP contribution < -0.4 is 5.32 Å². The summed E-state index contributed by atoms with van der Waals surface area (Å²) in [5.41, 5.74) is 9.60. The molecule has 2 heteroatoms. The van der Waals surface area contributed by atoms with Gasteiger partial charge in [-0.2, -0.15) is 5.26 Å². The normalized spacial score (nSPS) is 11.4. The summed E-state index contributed by atoms with van der Waals surface area (Å²) in [6.45, 7) is 0. The summed E-state index contributed by atoms with van der Waals surface area (Å²) in [4.78, 5) is 0. The minimum atomic E-state index is 0.651. The molecule has 47 heavy (non-hydrogen) atoms. The van der Waals surface area contributed by atoms with Gasteiger partial charge in [0.1, 0.15) is 0 Å². The second kappa shape index (κ2) is 10.9. The van der Waals surface area contributed by atoms with Crippen LogP contribution in [0.5, 0.6) is 0 Å². The van der Waals surface area contributed by atoms with Gasteiger partial charge in [-0.1, -0.05) is 133 Å². The van der Waals surface area contributed by atoms with Crippen molar-refractivity contribution in [2.75, 3.05) is 5.32 Å². The molecular formula is C45H28N2. The third kappa shape index (κ3) is 4.49. The molecule has 0 aliphatic rings. The van der Waals surface area contributed by atoms with Crippen LogP contribution in [0.2, 0.25) is 0 Å². The van der Waals surface area contributed by atoms with E-state index in [1.165, 1.54) is 59.8 Å². The van der Waals surface area contributed by atoms with Crippen LogP contribution >= 0.6 is 0 Å². The average Bonchev–Trinajstić information content (AvgIpc) is 3.14. The zero-order valence-corrected chi connectivity index (χ0v) is 25.5. The maximum atomic E-state index is 9.48. The number of fused-ring (bicyclic) bond motifs is 1. The lowest BCUT2D eigenvalue weighted by molar-refractivity contribution is 1.48. The lowest BCUT2D eigenvalue weighted by atomic mass is 9.86. The number of nitrogens with zero attached hydrogens (tertiary/aromatic N) is 1. The molecule has 9 aromatic rings. The Balaban J connectivity index is 1.22. The van der Waals surface area contributed by atoms with Crippen molar-refractivity contribution in [2.24, 2.45) is 0 Å². The first-order valence-electron chi connectivity index (χ1n) is 15.9. The van der Waals surface area contributed by atoms with E-state index in [1.54, 1.807) is 0 Å². The van der Waals surface area contributed by atoms with E-state index >= 15 is 0 Å². The first-order valence-corrected chi connectivity index (χ1v) is 15.9. The second-order valence-corrected chi connectivity index (χ2v) is 12.1. The van der Waals surface area contributed by atoms with Crippen LogP contribution in [0, 0.1) is 11.3 Å². The minimum absolute atomic E-state index is 0.651. The highest BCUT2D eigenvalue weighted by atomic mass is 14.9. The topological polar surface area (TPSA) is 35.8 Å². The van der Waals surface area contributed by atoms with Crippen molar-refractivity contribution in [3.05, 3.63) is 169 Å². The number of rotatable bonds is 5. The van der Waals surface area contributed by atoms with Gasteiger partial charge < -0.3 is 5.32 Å². The second-order valence-electron chi connectivity index (χ2n) is 12.1. The summed E-state index contributed by atoms with van der Waals surface area (Å²) >= 11 is 0. The summed E-state index contributed by atoms with van der Waals surface area (Å²) < 4.78 is 0. The van der Waals surface area contributed by atoms with Crippen LogP contribution in [-0.2, 0) is 0 Å². The SMILES string of the molecule is N#Cc1ccc(-c2cccc(Nc3ccc(-c4cccc5ccccc45)cc3)c2-c2ccc3ccc4cccc5ccc2c3c45)cc1. The van der Waals surface area contributed by atoms with E-state index in [9.17, 15) is 5.26 Å². The molecule has 0 amide bonds. The van der Waals surface area contributed by atoms with E-state index in [1.807, 2.05) is 12.1 Å². The number of nitrogens with one attached hydrogen (secondary N) is 1. The molecule has 0 unspecified atom stereocenters. The van der Waals surface area contributed by atoms with E-state index < -0.39 is 0 Å². The number of anilines is 2. The molecule has 0 spiro atoms. The number of hydrogen-bond acceptors (Lipinski definition) is 2. The van der Waals surface area contributed by atoms with Gasteiger partial charge in [0.2, 0.25) is 0 Å². The Morgan fingerprint density at radius 2 is 1.00 bits per heavy atom. The standard InChI is InChI=1S/C45H28N2/c46-28-29-14-16-32(17-15-29)39-12-5-13-42(47-36-24-20-31(21-25-36)38-11-4-7-30-6-1-2-10-37(30)38)45(39)41-27-23-35-19-18-33-8-3-9-34-22-26-40(41)44(35)43(33)34/h1-27,47H. The molecule has 218 valence electrons. The molecule has 0 saturated carbocycles. The average molecular weight is 597 g/mol. The van der Waals surface area contributed by atoms with Crippen molar-refractivity contribution >= 4 is 54.5 Å². The minimum Gasteiger partial charge on any atom is -0.355 e. The molecule has 0 aliphatic heterocycles. The Bertz CT molecular complexity index is 2620. The van der Waals surface area contributed by atoms with E-state index in [0.29, 0.717) is 5.56 Å². The summed E-state index contributed by atoms with van der Waals surface area (Å²) in [5, 5.41) is 23.3. The quantitative estimate of drug-likeness (QED) is 0.201. The van der Waals surface area contributed by atoms with E-state index in [0.717, 1.165) is 28.1 Å². The van der Waals surface area contributed by atoms with E-state index in [2.05, 4.69) is 163 Å². The van der Waals surface area contributed by atoms with Crippen LogP contribution in [0.3, 0.4) is 0 Å². The van der Waals surface area contributed by atoms with Crippen LogP contribution in [0.4, 0.5) is 11.4 Å². The molecule has 0 heterocycles. The first-order chi connectivity index (χ1) is 23.2. The van der Waals surface area contributed by atoms with Crippen molar-refractivity contribution in [2.45, 2.75) is 0 Å². The molecule has 0 atom stereocenters. The smallest absolute Gasteiger partial charge is 0.0991 e. The zero-order chi connectivity index (χ0) is 31.3. The molecule has 9 rings (SSSR count). The molecule has 0 aliphatic carbocycles. The van der Waals surface area contributed by atoms with Crippen molar-refractivity contribution in [1.29, 1.82) is 5.26 Å². The Hall–Kier alpha value is -6.43.